The summed E-state index contributed by atoms with van der Waals surface area (Å²) in [5.41, 5.74) is 8.56. The zero-order valence-corrected chi connectivity index (χ0v) is 11.3. The van der Waals surface area contributed by atoms with Crippen molar-refractivity contribution >= 4 is 23.0 Å². The summed E-state index contributed by atoms with van der Waals surface area (Å²) in [6.45, 7) is 1.45. The van der Waals surface area contributed by atoms with Crippen molar-refractivity contribution in [1.82, 2.24) is 4.98 Å². The number of aromatic nitrogens is 1. The zero-order chi connectivity index (χ0) is 14.1. The summed E-state index contributed by atoms with van der Waals surface area (Å²) >= 11 is 0. The highest BCUT2D eigenvalue weighted by atomic mass is 16.2. The number of amides is 1. The minimum atomic E-state index is -0.0921. The van der Waals surface area contributed by atoms with Crippen molar-refractivity contribution < 1.29 is 4.79 Å². The Morgan fingerprint density at radius 1 is 1.15 bits per heavy atom. The third-order valence-corrected chi connectivity index (χ3v) is 3.49. The number of nitrogens with zero attached hydrogens (tertiary/aromatic N) is 3. The van der Waals surface area contributed by atoms with Crippen molar-refractivity contribution in [2.24, 2.45) is 0 Å². The topological polar surface area (TPSA) is 62.5 Å². The monoisotopic (exact) mass is 268 g/mol. The van der Waals surface area contributed by atoms with Gasteiger partial charge in [-0.1, -0.05) is 12.1 Å². The number of hydrogen-bond donors (Lipinski definition) is 1. The van der Waals surface area contributed by atoms with Crippen LogP contribution in [-0.2, 0) is 0 Å². The average Bonchev–Trinajstić information content (AvgIpc) is 2.48. The number of fused-ring (bicyclic) bond motifs is 1. The highest BCUT2D eigenvalue weighted by Crippen LogP contribution is 2.32. The van der Waals surface area contributed by atoms with Gasteiger partial charge in [0.25, 0.3) is 5.91 Å². The molecule has 1 amide bonds. The predicted molar refractivity (Wildman–Crippen MR) is 80.0 cm³/mol. The first-order chi connectivity index (χ1) is 9.66. The maximum atomic E-state index is 12.6. The van der Waals surface area contributed by atoms with Gasteiger partial charge in [-0.15, -0.1) is 0 Å². The standard InChI is InChI=1S/C15H16N4O/c1-18-8-9-19(14-5-3-2-4-13(14)18)15(20)12-7-6-11(16)10-17-12/h2-7,10H,8-9,16H2,1H3. The van der Waals surface area contributed by atoms with Crippen LogP contribution in [0.3, 0.4) is 0 Å². The predicted octanol–water partition coefficient (Wildman–Crippen LogP) is 1.76. The number of hydrogen-bond acceptors (Lipinski definition) is 4. The van der Waals surface area contributed by atoms with Gasteiger partial charge in [-0.05, 0) is 24.3 Å². The van der Waals surface area contributed by atoms with Gasteiger partial charge in [-0.2, -0.15) is 0 Å². The number of nitrogens with two attached hydrogens (primary N) is 1. The number of benzene rings is 1. The Morgan fingerprint density at radius 2 is 1.90 bits per heavy atom. The van der Waals surface area contributed by atoms with E-state index in [1.165, 1.54) is 6.20 Å². The van der Waals surface area contributed by atoms with Gasteiger partial charge in [0, 0.05) is 20.1 Å². The Bertz CT molecular complexity index is 639. The molecule has 1 aromatic heterocycles. The van der Waals surface area contributed by atoms with Crippen LogP contribution >= 0.6 is 0 Å². The molecular formula is C15H16N4O. The van der Waals surface area contributed by atoms with Crippen molar-refractivity contribution in [3.8, 4) is 0 Å². The maximum Gasteiger partial charge on any atom is 0.276 e. The zero-order valence-electron chi connectivity index (χ0n) is 11.3. The van der Waals surface area contributed by atoms with Crippen LogP contribution in [0.1, 0.15) is 10.5 Å². The van der Waals surface area contributed by atoms with Crippen LogP contribution in [0.25, 0.3) is 0 Å². The third-order valence-electron chi connectivity index (χ3n) is 3.49. The lowest BCUT2D eigenvalue weighted by Crippen LogP contribution is -2.42. The molecule has 102 valence electrons. The van der Waals surface area contributed by atoms with E-state index in [1.54, 1.807) is 17.0 Å². The van der Waals surface area contributed by atoms with Gasteiger partial charge in [0.1, 0.15) is 5.69 Å². The van der Waals surface area contributed by atoms with Crippen LogP contribution in [0.4, 0.5) is 17.1 Å². The average molecular weight is 268 g/mol. The van der Waals surface area contributed by atoms with Crippen molar-refractivity contribution in [1.29, 1.82) is 0 Å². The molecule has 5 heteroatoms. The van der Waals surface area contributed by atoms with E-state index in [0.29, 0.717) is 17.9 Å². The summed E-state index contributed by atoms with van der Waals surface area (Å²) in [4.78, 5) is 20.6. The van der Waals surface area contributed by atoms with Gasteiger partial charge in [0.15, 0.2) is 0 Å². The minimum Gasteiger partial charge on any atom is -0.397 e. The molecule has 0 saturated carbocycles. The third kappa shape index (κ3) is 2.07. The van der Waals surface area contributed by atoms with Gasteiger partial charge >= 0.3 is 0 Å². The van der Waals surface area contributed by atoms with Crippen molar-refractivity contribution in [2.45, 2.75) is 0 Å². The molecule has 1 aromatic carbocycles. The lowest BCUT2D eigenvalue weighted by molar-refractivity contribution is 0.0982. The van der Waals surface area contributed by atoms with Gasteiger partial charge in [-0.25, -0.2) is 4.98 Å². The van der Waals surface area contributed by atoms with Crippen LogP contribution in [-0.4, -0.2) is 31.0 Å². The second-order valence-corrected chi connectivity index (χ2v) is 4.84. The quantitative estimate of drug-likeness (QED) is 0.856. The number of carbonyl (C=O) groups excluding carboxylic acids is 1. The van der Waals surface area contributed by atoms with Crippen molar-refractivity contribution in [2.75, 3.05) is 35.7 Å². The van der Waals surface area contributed by atoms with Crippen LogP contribution in [0.2, 0.25) is 0 Å². The first-order valence-electron chi connectivity index (χ1n) is 6.50. The normalized spacial score (nSPS) is 14.1. The summed E-state index contributed by atoms with van der Waals surface area (Å²) in [5, 5.41) is 0. The summed E-state index contributed by atoms with van der Waals surface area (Å²) < 4.78 is 0. The molecule has 0 radical (unpaired) electrons. The van der Waals surface area contributed by atoms with E-state index in [0.717, 1.165) is 17.9 Å². The van der Waals surface area contributed by atoms with Crippen LogP contribution in [0.5, 0.6) is 0 Å². The Kier molecular flexibility index (Phi) is 3.02. The molecule has 2 heterocycles. The van der Waals surface area contributed by atoms with Crippen LogP contribution < -0.4 is 15.5 Å². The molecule has 2 N–H and O–H groups in total. The fourth-order valence-corrected chi connectivity index (χ4v) is 2.39. The van der Waals surface area contributed by atoms with Gasteiger partial charge in [0.05, 0.1) is 23.3 Å². The molecule has 0 bridgehead atoms. The fraction of sp³-hybridized carbons (Fsp3) is 0.200. The molecule has 0 aliphatic carbocycles. The Balaban J connectivity index is 1.97. The molecular weight excluding hydrogens is 252 g/mol. The second-order valence-electron chi connectivity index (χ2n) is 4.84. The Hall–Kier alpha value is -2.56. The summed E-state index contributed by atoms with van der Waals surface area (Å²) in [6.07, 6.45) is 1.51. The lowest BCUT2D eigenvalue weighted by atomic mass is 10.1. The van der Waals surface area contributed by atoms with E-state index in [4.69, 9.17) is 5.73 Å². The molecule has 0 unspecified atom stereocenters. The number of likely N-dealkylation sites (N-methyl/N-ethyl adjacent to an activating group) is 1. The molecule has 0 spiro atoms. The number of rotatable bonds is 1. The minimum absolute atomic E-state index is 0.0921. The molecule has 0 fully saturated rings. The largest absolute Gasteiger partial charge is 0.397 e. The van der Waals surface area contributed by atoms with Gasteiger partial charge in [0.2, 0.25) is 0 Å². The second kappa shape index (κ2) is 4.85. The highest BCUT2D eigenvalue weighted by molar-refractivity contribution is 6.07. The van der Waals surface area contributed by atoms with E-state index in [9.17, 15) is 4.79 Å². The van der Waals surface area contributed by atoms with E-state index < -0.39 is 0 Å². The first kappa shape index (κ1) is 12.5. The molecule has 3 rings (SSSR count). The highest BCUT2D eigenvalue weighted by Gasteiger charge is 2.26. The molecule has 20 heavy (non-hydrogen) atoms. The molecule has 0 atom stereocenters. The van der Waals surface area contributed by atoms with Gasteiger partial charge < -0.3 is 15.5 Å². The van der Waals surface area contributed by atoms with Crippen molar-refractivity contribution in [3.63, 3.8) is 0 Å². The smallest absolute Gasteiger partial charge is 0.276 e. The molecule has 5 nitrogen and oxygen atoms in total. The maximum absolute atomic E-state index is 12.6. The number of carbonyl (C=O) groups is 1. The van der Waals surface area contributed by atoms with Crippen LogP contribution in [0.15, 0.2) is 42.6 Å². The molecule has 2 aromatic rings. The Morgan fingerprint density at radius 3 is 2.60 bits per heavy atom. The lowest BCUT2D eigenvalue weighted by Gasteiger charge is -2.35. The van der Waals surface area contributed by atoms with E-state index in [2.05, 4.69) is 9.88 Å². The molecule has 1 aliphatic rings. The summed E-state index contributed by atoms with van der Waals surface area (Å²) in [7, 11) is 2.03. The van der Waals surface area contributed by atoms with E-state index >= 15 is 0 Å². The van der Waals surface area contributed by atoms with Gasteiger partial charge in [-0.3, -0.25) is 4.79 Å². The number of pyridine rings is 1. The number of anilines is 3. The molecule has 1 aliphatic heterocycles. The molecule has 0 saturated heterocycles. The SMILES string of the molecule is CN1CCN(C(=O)c2ccc(N)cn2)c2ccccc21. The number of nitrogen functional groups attached to an aromatic ring is 1. The fourth-order valence-electron chi connectivity index (χ4n) is 2.39. The van der Waals surface area contributed by atoms with Crippen LogP contribution in [0, 0.1) is 0 Å². The first-order valence-corrected chi connectivity index (χ1v) is 6.50. The van der Waals surface area contributed by atoms with Crippen molar-refractivity contribution in [3.05, 3.63) is 48.3 Å². The number of para-hydroxylation sites is 2. The van der Waals surface area contributed by atoms with E-state index in [1.807, 2.05) is 31.3 Å². The summed E-state index contributed by atoms with van der Waals surface area (Å²) in [6, 6.07) is 11.3. The van der Waals surface area contributed by atoms with E-state index in [-0.39, 0.29) is 5.91 Å². The summed E-state index contributed by atoms with van der Waals surface area (Å²) in [5.74, 6) is -0.0921. The Labute approximate surface area is 117 Å².